The Labute approximate surface area is 237 Å². The number of carbonyl (C=O) groups excluding carboxylic acids is 1. The minimum atomic E-state index is -0.263. The smallest absolute Gasteiger partial charge is 0.223 e. The summed E-state index contributed by atoms with van der Waals surface area (Å²) >= 11 is 1.60. The Hall–Kier alpha value is -3.21. The minimum Gasteiger partial charge on any atom is -0.379 e. The van der Waals surface area contributed by atoms with Gasteiger partial charge in [0.1, 0.15) is 11.6 Å². The molecule has 1 aromatic carbocycles. The minimum absolute atomic E-state index is 0.0533. The number of hydrogen-bond acceptors (Lipinski definition) is 8. The van der Waals surface area contributed by atoms with E-state index in [1.807, 2.05) is 24.3 Å². The highest BCUT2D eigenvalue weighted by molar-refractivity contribution is 7.22. The fourth-order valence-electron chi connectivity index (χ4n) is 7.10. The van der Waals surface area contributed by atoms with Gasteiger partial charge in [0.05, 0.1) is 29.8 Å². The first kappa shape index (κ1) is 25.7. The molecular weight excluding hydrogens is 527 g/mol. The number of carbonyl (C=O) groups is 1. The highest BCUT2D eigenvalue weighted by Crippen LogP contribution is 2.45. The zero-order valence-corrected chi connectivity index (χ0v) is 23.2. The molecule has 0 spiro atoms. The molecule has 4 unspecified atom stereocenters. The van der Waals surface area contributed by atoms with Crippen LogP contribution in [0.25, 0.3) is 10.1 Å². The van der Waals surface area contributed by atoms with Crippen LogP contribution < -0.4 is 21.3 Å². The van der Waals surface area contributed by atoms with E-state index in [0.29, 0.717) is 17.4 Å². The summed E-state index contributed by atoms with van der Waals surface area (Å²) in [5, 5.41) is 8.81. The molecule has 3 aromatic rings. The zero-order chi connectivity index (χ0) is 27.2. The number of allylic oxidation sites excluding steroid dienone is 1. The lowest BCUT2D eigenvalue weighted by molar-refractivity contribution is -0.122. The average molecular weight is 563 g/mol. The molecule has 2 bridgehead atoms. The van der Waals surface area contributed by atoms with Crippen LogP contribution in [0.2, 0.25) is 0 Å². The first-order valence-electron chi connectivity index (χ1n) is 14.3. The number of benzene rings is 1. The van der Waals surface area contributed by atoms with E-state index in [4.69, 9.17) is 10.5 Å². The second-order valence-electron chi connectivity index (χ2n) is 11.4. The molecule has 0 radical (unpaired) electrons. The number of primary amides is 1. The number of morpholine rings is 1. The second-order valence-corrected chi connectivity index (χ2v) is 12.5. The van der Waals surface area contributed by atoms with Gasteiger partial charge >= 0.3 is 0 Å². The van der Waals surface area contributed by atoms with E-state index in [-0.39, 0.29) is 35.5 Å². The van der Waals surface area contributed by atoms with E-state index in [9.17, 15) is 4.79 Å². The number of nitrogens with zero attached hydrogens (tertiary/aromatic N) is 3. The van der Waals surface area contributed by atoms with E-state index in [2.05, 4.69) is 37.6 Å². The number of amides is 1. The molecule has 4 aliphatic rings. The number of anilines is 4. The van der Waals surface area contributed by atoms with Gasteiger partial charge in [-0.15, -0.1) is 11.3 Å². The van der Waals surface area contributed by atoms with E-state index in [0.717, 1.165) is 79.6 Å². The van der Waals surface area contributed by atoms with Gasteiger partial charge in [-0.3, -0.25) is 9.69 Å². The molecule has 4 atom stereocenters. The fraction of sp³-hybridized carbons (Fsp3) is 0.467. The van der Waals surface area contributed by atoms with E-state index in [1.54, 1.807) is 23.6 Å². The van der Waals surface area contributed by atoms with Crippen molar-refractivity contribution in [2.75, 3.05) is 54.9 Å². The predicted octanol–water partition coefficient (Wildman–Crippen LogP) is 4.57. The Kier molecular flexibility index (Phi) is 6.85. The summed E-state index contributed by atoms with van der Waals surface area (Å²) in [6, 6.07) is 9.96. The first-order valence-corrected chi connectivity index (χ1v) is 15.1. The first-order chi connectivity index (χ1) is 19.5. The Morgan fingerprint density at radius 3 is 2.65 bits per heavy atom. The molecule has 1 saturated carbocycles. The number of pyridine rings is 1. The average Bonchev–Trinajstić information content (AvgIpc) is 3.69. The molecule has 4 heterocycles. The molecular formula is C30H35FN6O2S. The van der Waals surface area contributed by atoms with Crippen LogP contribution in [0.3, 0.4) is 0 Å². The van der Waals surface area contributed by atoms with Crippen molar-refractivity contribution in [3.63, 3.8) is 0 Å². The maximum atomic E-state index is 15.3. The summed E-state index contributed by atoms with van der Waals surface area (Å²) in [5.41, 5.74) is 7.14. The van der Waals surface area contributed by atoms with Crippen molar-refractivity contribution in [2.24, 2.45) is 23.5 Å². The molecule has 3 fully saturated rings. The van der Waals surface area contributed by atoms with Crippen LogP contribution in [-0.4, -0.2) is 67.3 Å². The van der Waals surface area contributed by atoms with Crippen LogP contribution in [0.4, 0.5) is 26.6 Å². The summed E-state index contributed by atoms with van der Waals surface area (Å²) in [4.78, 5) is 21.5. The van der Waals surface area contributed by atoms with Crippen LogP contribution in [0.1, 0.15) is 19.3 Å². The van der Waals surface area contributed by atoms with E-state index in [1.165, 1.54) is 0 Å². The van der Waals surface area contributed by atoms with Crippen LogP contribution in [0.5, 0.6) is 0 Å². The number of rotatable bonds is 7. The van der Waals surface area contributed by atoms with E-state index >= 15 is 4.39 Å². The Bertz CT molecular complexity index is 1430. The van der Waals surface area contributed by atoms with Crippen molar-refractivity contribution < 1.29 is 13.9 Å². The van der Waals surface area contributed by atoms with Gasteiger partial charge in [0.25, 0.3) is 0 Å². The van der Waals surface area contributed by atoms with Gasteiger partial charge < -0.3 is 26.0 Å². The number of hydrogen-bond donors (Lipinski definition) is 3. The normalized spacial score (nSPS) is 27.0. The van der Waals surface area contributed by atoms with Gasteiger partial charge in [0.15, 0.2) is 0 Å². The summed E-state index contributed by atoms with van der Waals surface area (Å²) < 4.78 is 21.8. The second kappa shape index (κ2) is 10.6. The Morgan fingerprint density at radius 2 is 1.88 bits per heavy atom. The Balaban J connectivity index is 1.03. The quantitative estimate of drug-likeness (QED) is 0.363. The summed E-state index contributed by atoms with van der Waals surface area (Å²) in [5.74, 6) is 0.536. The maximum Gasteiger partial charge on any atom is 0.223 e. The third kappa shape index (κ3) is 4.82. The molecule has 8 nitrogen and oxygen atoms in total. The number of aromatic nitrogens is 1. The number of ether oxygens (including phenoxy) is 1. The van der Waals surface area contributed by atoms with Crippen molar-refractivity contribution in [2.45, 2.75) is 31.3 Å². The van der Waals surface area contributed by atoms with Crippen molar-refractivity contribution >= 4 is 49.5 Å². The van der Waals surface area contributed by atoms with Crippen molar-refractivity contribution in [1.29, 1.82) is 0 Å². The van der Waals surface area contributed by atoms with Crippen molar-refractivity contribution in [3.8, 4) is 0 Å². The SMILES string of the molecule is NC(=O)C1C2C=CC(C2)C1Nc1nccc2sc(Nc3ccc(N4CCC(N5CCOCC5)CC4)c(F)c3)cc12. The largest absolute Gasteiger partial charge is 0.379 e. The third-order valence-electron chi connectivity index (χ3n) is 9.12. The number of nitrogens with two attached hydrogens (primary N) is 1. The molecule has 2 aromatic heterocycles. The highest BCUT2D eigenvalue weighted by Gasteiger charge is 2.47. The van der Waals surface area contributed by atoms with E-state index < -0.39 is 0 Å². The van der Waals surface area contributed by atoms with Crippen LogP contribution >= 0.6 is 11.3 Å². The van der Waals surface area contributed by atoms with Crippen molar-refractivity contribution in [3.05, 3.63) is 54.5 Å². The zero-order valence-electron chi connectivity index (χ0n) is 22.4. The van der Waals surface area contributed by atoms with Crippen LogP contribution in [0.15, 0.2) is 48.7 Å². The van der Waals surface area contributed by atoms with Crippen LogP contribution in [-0.2, 0) is 9.53 Å². The van der Waals surface area contributed by atoms with Crippen LogP contribution in [0, 0.1) is 23.6 Å². The predicted molar refractivity (Wildman–Crippen MR) is 158 cm³/mol. The van der Waals surface area contributed by atoms with Gasteiger partial charge in [-0.05, 0) is 61.4 Å². The topological polar surface area (TPSA) is 95.8 Å². The maximum absolute atomic E-state index is 15.3. The molecule has 2 aliphatic heterocycles. The number of piperidine rings is 1. The molecule has 2 saturated heterocycles. The van der Waals surface area contributed by atoms with Gasteiger partial charge in [0.2, 0.25) is 5.91 Å². The van der Waals surface area contributed by atoms with Gasteiger partial charge in [-0.25, -0.2) is 9.37 Å². The van der Waals surface area contributed by atoms with Gasteiger partial charge in [-0.1, -0.05) is 12.2 Å². The third-order valence-corrected chi connectivity index (χ3v) is 10.1. The lowest BCUT2D eigenvalue weighted by atomic mass is 9.88. The lowest BCUT2D eigenvalue weighted by Crippen LogP contribution is -2.49. The number of nitrogens with one attached hydrogen (secondary N) is 2. The molecule has 10 heteroatoms. The highest BCUT2D eigenvalue weighted by atomic mass is 32.1. The summed E-state index contributed by atoms with van der Waals surface area (Å²) in [7, 11) is 0. The molecule has 1 amide bonds. The fourth-order valence-corrected chi connectivity index (χ4v) is 8.08. The molecule has 4 N–H and O–H groups in total. The Morgan fingerprint density at radius 1 is 1.07 bits per heavy atom. The molecule has 7 rings (SSSR count). The monoisotopic (exact) mass is 562 g/mol. The number of thiophene rings is 1. The molecule has 2 aliphatic carbocycles. The number of halogens is 1. The van der Waals surface area contributed by atoms with Gasteiger partial charge in [-0.2, -0.15) is 0 Å². The summed E-state index contributed by atoms with van der Waals surface area (Å²) in [6.07, 6.45) is 9.13. The molecule has 210 valence electrons. The molecule has 40 heavy (non-hydrogen) atoms. The van der Waals surface area contributed by atoms with Gasteiger partial charge in [0, 0.05) is 60.2 Å². The standard InChI is InChI=1S/C30H35FN6O2S/c31-23-16-20(3-4-24(23)37-9-6-21(7-10-37)36-11-13-39-14-12-36)34-26-17-22-25(40-26)5-8-33-30(22)35-28-19-2-1-18(15-19)27(28)29(32)38/h1-5,8,16-19,21,27-28,34H,6-7,9-15H2,(H2,32,38)(H,33,35). The lowest BCUT2D eigenvalue weighted by Gasteiger charge is -2.40. The van der Waals surface area contributed by atoms with Crippen molar-refractivity contribution in [1.82, 2.24) is 9.88 Å². The summed E-state index contributed by atoms with van der Waals surface area (Å²) in [6.45, 7) is 5.34. The number of fused-ring (bicyclic) bond motifs is 3.